The van der Waals surface area contributed by atoms with Crippen molar-refractivity contribution in [1.82, 2.24) is 0 Å². The zero-order chi connectivity index (χ0) is 4.99. The number of rotatable bonds is 1. The van der Waals surface area contributed by atoms with E-state index >= 15 is 0 Å². The molecular weight excluding hydrogens is 151 g/mol. The molecule has 0 heterocycles. The topological polar surface area (TPSA) is 64.1 Å². The average molecular weight is 153 g/mol. The van der Waals surface area contributed by atoms with Crippen LogP contribution in [0.25, 0.3) is 0 Å². The van der Waals surface area contributed by atoms with Gasteiger partial charge in [0.15, 0.2) is 0 Å². The van der Waals surface area contributed by atoms with Crippen molar-refractivity contribution >= 4 is 29.6 Å². The van der Waals surface area contributed by atoms with Crippen LogP contribution < -0.4 is 0 Å². The summed E-state index contributed by atoms with van der Waals surface area (Å²) in [5, 5.41) is 15.2. The molecule has 0 fully saturated rings. The first-order valence-electron chi connectivity index (χ1n) is 0.941. The molecule has 0 atom stereocenters. The van der Waals surface area contributed by atoms with Crippen LogP contribution in [0.1, 0.15) is 0 Å². The molecule has 4 nitrogen and oxygen atoms in total. The van der Waals surface area contributed by atoms with Gasteiger partial charge in [-0.3, -0.25) is 0 Å². The molecule has 6 heteroatoms. The van der Waals surface area contributed by atoms with Gasteiger partial charge in [-0.25, -0.2) is 0 Å². The molecule has 0 aromatic carbocycles. The maximum absolute atomic E-state index is 9.29. The standard InChI is InChI=1S/CN.Fe.HNO2.Na.H/c1-2;;2-1-3;;/h;;(H,2,3);;/q;+1;;;. The Hall–Kier alpha value is 0.409. The Balaban J connectivity index is 0. The minimum absolute atomic E-state index is 0. The predicted molar refractivity (Wildman–Crippen MR) is 18.2 cm³/mol. The van der Waals surface area contributed by atoms with Crippen LogP contribution in [0.4, 0.5) is 0 Å². The molecule has 0 aliphatic heterocycles. The van der Waals surface area contributed by atoms with Gasteiger partial charge in [-0.15, -0.1) is 0 Å². The third-order valence-corrected chi connectivity index (χ3v) is 0.425. The summed E-state index contributed by atoms with van der Waals surface area (Å²) < 4.78 is -0.431. The zero-order valence-corrected chi connectivity index (χ0v) is 3.71. The first-order valence-corrected chi connectivity index (χ1v) is 1.99. The molecule has 1 N–H and O–H groups in total. The van der Waals surface area contributed by atoms with Crippen LogP contribution in [0, 0.1) is 15.1 Å². The molecule has 0 rings (SSSR count). The van der Waals surface area contributed by atoms with E-state index in [2.05, 4.69) is 0 Å². The molecule has 0 aromatic rings. The van der Waals surface area contributed by atoms with Crippen molar-refractivity contribution in [2.24, 2.45) is 0 Å². The van der Waals surface area contributed by atoms with Gasteiger partial charge in [0.25, 0.3) is 0 Å². The Morgan fingerprint density at radius 1 is 1.86 bits per heavy atom. The monoisotopic (exact) mass is 153 g/mol. The summed E-state index contributed by atoms with van der Waals surface area (Å²) in [6.45, 7) is 0. The van der Waals surface area contributed by atoms with Gasteiger partial charge in [-0.05, 0) is 0 Å². The van der Waals surface area contributed by atoms with Crippen LogP contribution in [-0.2, 0) is 15.2 Å². The minimum atomic E-state index is -0.486. The van der Waals surface area contributed by atoms with Crippen LogP contribution in [0.15, 0.2) is 0 Å². The van der Waals surface area contributed by atoms with Crippen molar-refractivity contribution < 1.29 is 24.3 Å². The number of nitrogens with zero attached hydrogens (tertiary/aromatic N) is 2. The number of hydrogen-bond donors (Lipinski definition) is 1. The van der Waals surface area contributed by atoms with E-state index in [-0.39, 0.29) is 29.6 Å². The Morgan fingerprint density at radius 2 is 2.29 bits per heavy atom. The molecule has 0 radical (unpaired) electrons. The van der Waals surface area contributed by atoms with Gasteiger partial charge in [0, 0.05) is 0 Å². The van der Waals surface area contributed by atoms with Crippen molar-refractivity contribution in [3.63, 3.8) is 0 Å². The second-order valence-electron chi connectivity index (χ2n) is 0.375. The Morgan fingerprint density at radius 3 is 2.29 bits per heavy atom. The SMILES string of the molecule is N#[C][Fe][N+](=O)O.[NaH]. The Bertz CT molecular complexity index is 98.4. The van der Waals surface area contributed by atoms with Crippen LogP contribution in [0.5, 0.6) is 0 Å². The predicted octanol–water partition coefficient (Wildman–Crippen LogP) is -1.02. The molecule has 0 aliphatic carbocycles. The molecule has 0 saturated heterocycles. The van der Waals surface area contributed by atoms with E-state index in [0.717, 1.165) is 0 Å². The van der Waals surface area contributed by atoms with Crippen molar-refractivity contribution in [1.29, 1.82) is 5.26 Å². The molecule has 0 saturated carbocycles. The molecule has 0 bridgehead atoms. The van der Waals surface area contributed by atoms with Crippen LogP contribution in [0.2, 0.25) is 0 Å². The maximum atomic E-state index is 9.29. The van der Waals surface area contributed by atoms with Gasteiger partial charge < -0.3 is 0 Å². The molecule has 0 unspecified atom stereocenters. The van der Waals surface area contributed by atoms with E-state index in [1.54, 1.807) is 0 Å². The van der Waals surface area contributed by atoms with Gasteiger partial charge in [-0.2, -0.15) is 0 Å². The third-order valence-electron chi connectivity index (χ3n) is 0.103. The quantitative estimate of drug-likeness (QED) is 0.387. The summed E-state index contributed by atoms with van der Waals surface area (Å²) in [6, 6.07) is 0. The van der Waals surface area contributed by atoms with E-state index in [0.29, 0.717) is 0 Å². The van der Waals surface area contributed by atoms with Gasteiger partial charge >= 0.3 is 69.0 Å². The summed E-state index contributed by atoms with van der Waals surface area (Å²) in [7, 11) is 0. The van der Waals surface area contributed by atoms with Gasteiger partial charge in [-0.1, -0.05) is 0 Å². The first-order chi connectivity index (χ1) is 2.77. The second kappa shape index (κ2) is 6.41. The summed E-state index contributed by atoms with van der Waals surface area (Å²) >= 11 is -0.486. The molecule has 0 spiro atoms. The molecule has 0 aromatic heterocycles. The van der Waals surface area contributed by atoms with Crippen LogP contribution in [0.3, 0.4) is 0 Å². The van der Waals surface area contributed by atoms with E-state index < -0.39 is 19.1 Å². The summed E-state index contributed by atoms with van der Waals surface area (Å²) in [4.78, 5) is 10.7. The van der Waals surface area contributed by atoms with Crippen LogP contribution >= 0.6 is 0 Å². The molecule has 36 valence electrons. The number of nitriles is 1. The van der Waals surface area contributed by atoms with E-state index in [4.69, 9.17) is 10.5 Å². The zero-order valence-electron chi connectivity index (χ0n) is 2.60. The number of hydrogen-bond acceptors (Lipinski definition) is 2. The normalized spacial score (nSPS) is 6.14. The van der Waals surface area contributed by atoms with Crippen molar-refractivity contribution in [3.05, 3.63) is 4.91 Å². The molecular formula is CH2FeN2NaO2+. The Kier molecular flexibility index (Phi) is 9.52. The fourth-order valence-corrected chi connectivity index (χ4v) is 0.125. The molecule has 7 heavy (non-hydrogen) atoms. The fraction of sp³-hybridized carbons (Fsp3) is 0. The van der Waals surface area contributed by atoms with Crippen molar-refractivity contribution in [2.75, 3.05) is 0 Å². The van der Waals surface area contributed by atoms with E-state index in [9.17, 15) is 4.91 Å². The van der Waals surface area contributed by atoms with Crippen LogP contribution in [-0.4, -0.2) is 38.7 Å². The molecule has 0 aliphatic rings. The van der Waals surface area contributed by atoms with Gasteiger partial charge in [0.05, 0.1) is 0 Å². The second-order valence-corrected chi connectivity index (χ2v) is 1.29. The third kappa shape index (κ3) is 10.7. The van der Waals surface area contributed by atoms with Crippen molar-refractivity contribution in [3.8, 4) is 4.97 Å². The van der Waals surface area contributed by atoms with Gasteiger partial charge in [0.2, 0.25) is 0 Å². The summed E-state index contributed by atoms with van der Waals surface area (Å²) in [5.74, 6) is 0. The van der Waals surface area contributed by atoms with Crippen molar-refractivity contribution in [2.45, 2.75) is 0 Å². The summed E-state index contributed by atoms with van der Waals surface area (Å²) in [6.07, 6.45) is 0. The van der Waals surface area contributed by atoms with Gasteiger partial charge in [0.1, 0.15) is 0 Å². The Labute approximate surface area is 68.7 Å². The fourth-order valence-electron chi connectivity index (χ4n) is 0.0302. The van der Waals surface area contributed by atoms with E-state index in [1.807, 2.05) is 0 Å². The summed E-state index contributed by atoms with van der Waals surface area (Å²) in [5.41, 5.74) is 0. The first kappa shape index (κ1) is 10.4. The molecule has 0 amide bonds. The average Bonchev–Trinajstić information content (AvgIpc) is 1.35. The van der Waals surface area contributed by atoms with E-state index in [1.165, 1.54) is 4.97 Å².